The summed E-state index contributed by atoms with van der Waals surface area (Å²) in [7, 11) is 0. The fraction of sp³-hybridized carbons (Fsp3) is 0.308. The van der Waals surface area contributed by atoms with Crippen LogP contribution in [0.3, 0.4) is 0 Å². The van der Waals surface area contributed by atoms with Crippen LogP contribution in [0.1, 0.15) is 24.0 Å². The van der Waals surface area contributed by atoms with Gasteiger partial charge < -0.3 is 47.8 Å². The molecule has 0 saturated heterocycles. The molecule has 15 nitrogen and oxygen atoms in total. The topological polar surface area (TPSA) is 271 Å². The molecule has 0 heterocycles. The van der Waals surface area contributed by atoms with Crippen LogP contribution in [-0.4, -0.2) is 80.2 Å². The zero-order chi connectivity index (χ0) is 30.7. The minimum absolute atomic E-state index is 0.0570. The summed E-state index contributed by atoms with van der Waals surface area (Å²) >= 11 is 0. The molecule has 0 fully saturated rings. The fourth-order valence-electron chi connectivity index (χ4n) is 3.66. The number of hydrogen-bond acceptors (Lipinski definition) is 9. The predicted octanol–water partition coefficient (Wildman–Crippen LogP) is -1.90. The molecule has 0 aliphatic carbocycles. The van der Waals surface area contributed by atoms with Crippen LogP contribution < -0.4 is 27.4 Å². The lowest BCUT2D eigenvalue weighted by atomic mass is 10.0. The first-order chi connectivity index (χ1) is 19.2. The highest BCUT2D eigenvalue weighted by Gasteiger charge is 2.32. The molecule has 0 saturated carbocycles. The Kier molecular flexibility index (Phi) is 11.6. The van der Waals surface area contributed by atoms with Crippen molar-refractivity contribution in [3.63, 3.8) is 0 Å². The number of carbonyl (C=O) groups is 6. The first kappa shape index (κ1) is 32.0. The molecule has 2 rings (SSSR count). The summed E-state index contributed by atoms with van der Waals surface area (Å²) in [6.45, 7) is 0. The number of phenols is 2. The van der Waals surface area contributed by atoms with Crippen molar-refractivity contribution in [1.82, 2.24) is 16.0 Å². The third-order valence-electron chi connectivity index (χ3n) is 5.77. The van der Waals surface area contributed by atoms with Crippen LogP contribution in [0.2, 0.25) is 0 Å². The molecule has 15 heteroatoms. The van der Waals surface area contributed by atoms with Gasteiger partial charge in [-0.3, -0.25) is 24.0 Å². The number of carboxylic acid groups (broad SMARTS) is 2. The molecule has 0 aliphatic heterocycles. The number of carbonyl (C=O) groups excluding carboxylic acids is 4. The van der Waals surface area contributed by atoms with Crippen LogP contribution in [0.4, 0.5) is 0 Å². The van der Waals surface area contributed by atoms with Crippen molar-refractivity contribution in [2.24, 2.45) is 11.5 Å². The Hall–Kier alpha value is -5.18. The lowest BCUT2D eigenvalue weighted by Gasteiger charge is -2.24. The second-order valence-corrected chi connectivity index (χ2v) is 9.14. The van der Waals surface area contributed by atoms with Crippen molar-refractivity contribution in [2.45, 2.75) is 49.9 Å². The number of nitrogens with one attached hydrogen (secondary N) is 3. The Labute approximate surface area is 233 Å². The van der Waals surface area contributed by atoms with Gasteiger partial charge in [0.25, 0.3) is 0 Å². The highest BCUT2D eigenvalue weighted by molar-refractivity contribution is 5.96. The maximum atomic E-state index is 13.2. The molecule has 220 valence electrons. The van der Waals surface area contributed by atoms with Gasteiger partial charge in [-0.1, -0.05) is 24.3 Å². The second kappa shape index (κ2) is 14.8. The van der Waals surface area contributed by atoms with Crippen LogP contribution in [-0.2, 0) is 41.6 Å². The van der Waals surface area contributed by atoms with Gasteiger partial charge in [-0.15, -0.1) is 0 Å². The molecule has 2 aromatic carbocycles. The molecule has 2 aromatic rings. The highest BCUT2D eigenvalue weighted by Crippen LogP contribution is 2.13. The molecule has 4 amide bonds. The number of benzene rings is 2. The Morgan fingerprint density at radius 3 is 1.49 bits per heavy atom. The molecule has 41 heavy (non-hydrogen) atoms. The molecule has 0 spiro atoms. The number of phenolic OH excluding ortho intramolecular Hbond substituents is 2. The third kappa shape index (κ3) is 10.8. The molecule has 0 bridgehead atoms. The minimum Gasteiger partial charge on any atom is -0.508 e. The summed E-state index contributed by atoms with van der Waals surface area (Å²) in [6, 6.07) is 4.97. The monoisotopic (exact) mass is 573 g/mol. The molecule has 0 aromatic heterocycles. The summed E-state index contributed by atoms with van der Waals surface area (Å²) < 4.78 is 0. The second-order valence-electron chi connectivity index (χ2n) is 9.14. The fourth-order valence-corrected chi connectivity index (χ4v) is 3.66. The number of aliphatic carboxylic acids is 2. The summed E-state index contributed by atoms with van der Waals surface area (Å²) in [5.74, 6) is -6.98. The number of rotatable bonds is 15. The largest absolute Gasteiger partial charge is 0.508 e. The molecule has 11 N–H and O–H groups in total. The van der Waals surface area contributed by atoms with Gasteiger partial charge in [-0.05, 0) is 35.4 Å². The van der Waals surface area contributed by atoms with Crippen molar-refractivity contribution >= 4 is 35.6 Å². The molecule has 4 atom stereocenters. The summed E-state index contributed by atoms with van der Waals surface area (Å²) in [5, 5.41) is 44.6. The van der Waals surface area contributed by atoms with Crippen LogP contribution in [0.15, 0.2) is 48.5 Å². The number of nitrogens with two attached hydrogens (primary N) is 2. The molecular weight excluding hydrogens is 542 g/mol. The number of hydrogen-bond donors (Lipinski definition) is 9. The van der Waals surface area contributed by atoms with Gasteiger partial charge in [0.15, 0.2) is 0 Å². The SMILES string of the molecule is NC(=O)CC(N)C(=O)NC(Cc1ccc(O)cc1)C(=O)NC(CC(=O)O)C(=O)NC(Cc1ccc(O)cc1)C(=O)O. The van der Waals surface area contributed by atoms with Gasteiger partial charge in [0.2, 0.25) is 23.6 Å². The standard InChI is InChI=1S/C26H31N5O10/c27-17(11-21(28)34)23(37)29-18(9-13-1-5-15(32)6-2-13)24(38)30-19(12-22(35)36)25(39)31-20(26(40)41)10-14-3-7-16(33)8-4-14/h1-8,17-20,32-33H,9-12,27H2,(H2,28,34)(H,29,37)(H,30,38)(H,31,39)(H,35,36)(H,40,41). The average molecular weight is 574 g/mol. The Morgan fingerprint density at radius 1 is 0.634 bits per heavy atom. The van der Waals surface area contributed by atoms with Crippen LogP contribution in [0.25, 0.3) is 0 Å². The Bertz CT molecular complexity index is 1270. The van der Waals surface area contributed by atoms with E-state index in [-0.39, 0.29) is 24.3 Å². The maximum absolute atomic E-state index is 13.2. The van der Waals surface area contributed by atoms with E-state index in [2.05, 4.69) is 16.0 Å². The summed E-state index contributed by atoms with van der Waals surface area (Å²) in [5.41, 5.74) is 11.6. The van der Waals surface area contributed by atoms with Crippen LogP contribution >= 0.6 is 0 Å². The smallest absolute Gasteiger partial charge is 0.326 e. The number of amides is 4. The van der Waals surface area contributed by atoms with Gasteiger partial charge in [-0.2, -0.15) is 0 Å². The third-order valence-corrected chi connectivity index (χ3v) is 5.77. The van der Waals surface area contributed by atoms with E-state index in [1.54, 1.807) is 0 Å². The zero-order valence-corrected chi connectivity index (χ0v) is 21.6. The van der Waals surface area contributed by atoms with E-state index >= 15 is 0 Å². The first-order valence-corrected chi connectivity index (χ1v) is 12.2. The molecule has 0 aliphatic rings. The van der Waals surface area contributed by atoms with Crippen molar-refractivity contribution in [2.75, 3.05) is 0 Å². The van der Waals surface area contributed by atoms with E-state index in [1.165, 1.54) is 48.5 Å². The average Bonchev–Trinajstić information content (AvgIpc) is 2.89. The Morgan fingerprint density at radius 2 is 1.05 bits per heavy atom. The van der Waals surface area contributed by atoms with Crippen molar-refractivity contribution in [1.29, 1.82) is 0 Å². The van der Waals surface area contributed by atoms with Crippen molar-refractivity contribution in [3.05, 3.63) is 59.7 Å². The predicted molar refractivity (Wildman–Crippen MR) is 141 cm³/mol. The van der Waals surface area contributed by atoms with E-state index in [0.29, 0.717) is 11.1 Å². The number of aromatic hydroxyl groups is 2. The lowest BCUT2D eigenvalue weighted by Crippen LogP contribution is -2.58. The van der Waals surface area contributed by atoms with Crippen molar-refractivity contribution in [3.8, 4) is 11.5 Å². The van der Waals surface area contributed by atoms with Gasteiger partial charge in [0.1, 0.15) is 29.6 Å². The van der Waals surface area contributed by atoms with E-state index in [1.807, 2.05) is 0 Å². The lowest BCUT2D eigenvalue weighted by molar-refractivity contribution is -0.143. The van der Waals surface area contributed by atoms with Gasteiger partial charge in [0, 0.05) is 12.8 Å². The maximum Gasteiger partial charge on any atom is 0.326 e. The normalized spacial score (nSPS) is 13.6. The number of carboxylic acids is 2. The summed E-state index contributed by atoms with van der Waals surface area (Å²) in [6.07, 6.45) is -1.86. The first-order valence-electron chi connectivity index (χ1n) is 12.2. The Balaban J connectivity index is 2.25. The van der Waals surface area contributed by atoms with Gasteiger partial charge >= 0.3 is 11.9 Å². The van der Waals surface area contributed by atoms with Gasteiger partial charge in [-0.25, -0.2) is 4.79 Å². The highest BCUT2D eigenvalue weighted by atomic mass is 16.4. The molecule has 0 radical (unpaired) electrons. The van der Waals surface area contributed by atoms with E-state index in [0.717, 1.165) is 0 Å². The van der Waals surface area contributed by atoms with Crippen LogP contribution in [0.5, 0.6) is 11.5 Å². The van der Waals surface area contributed by atoms with E-state index < -0.39 is 72.6 Å². The minimum atomic E-state index is -1.75. The van der Waals surface area contributed by atoms with Crippen molar-refractivity contribution < 1.29 is 49.2 Å². The summed E-state index contributed by atoms with van der Waals surface area (Å²) in [4.78, 5) is 73.1. The van der Waals surface area contributed by atoms with Crippen LogP contribution in [0, 0.1) is 0 Å². The van der Waals surface area contributed by atoms with Gasteiger partial charge in [0.05, 0.1) is 18.9 Å². The van der Waals surface area contributed by atoms with E-state index in [4.69, 9.17) is 11.5 Å². The zero-order valence-electron chi connectivity index (χ0n) is 21.6. The number of primary amides is 1. The van der Waals surface area contributed by atoms with E-state index in [9.17, 15) is 49.2 Å². The molecule has 4 unspecified atom stereocenters. The quantitative estimate of drug-likeness (QED) is 0.113. The molecular formula is C26H31N5O10.